The number of amides is 2. The quantitative estimate of drug-likeness (QED) is 0.383. The summed E-state index contributed by atoms with van der Waals surface area (Å²) >= 11 is 0. The molecule has 5 rings (SSSR count). The molecule has 0 saturated carbocycles. The average Bonchev–Trinajstić information content (AvgIpc) is 3.38. The van der Waals surface area contributed by atoms with E-state index >= 15 is 0 Å². The van der Waals surface area contributed by atoms with Gasteiger partial charge in [-0.25, -0.2) is 9.59 Å². The fourth-order valence-electron chi connectivity index (χ4n) is 6.96. The molecule has 1 aromatic carbocycles. The third kappa shape index (κ3) is 7.27. The standard InChI is InChI=1S/C36H44N2O10/c1-35(2,3)47-33(45)37-11-7-19(8-12-37)15-25(39)27-29(41)21-17-23-24(18-22(21)30(27)42)32(44)28(31(23)43)26(40)16-20-9-13-38(14-10-20)34(46)48-36(4,5)6/h17-20,27-28H,7-16H2,1-6H3. The van der Waals surface area contributed by atoms with Gasteiger partial charge in [0.25, 0.3) is 0 Å². The van der Waals surface area contributed by atoms with Gasteiger partial charge in [-0.15, -0.1) is 0 Å². The molecule has 0 bridgehead atoms. The summed E-state index contributed by atoms with van der Waals surface area (Å²) in [5.41, 5.74) is -1.59. The van der Waals surface area contributed by atoms with Gasteiger partial charge in [0.2, 0.25) is 0 Å². The minimum Gasteiger partial charge on any atom is -0.444 e. The lowest BCUT2D eigenvalue weighted by molar-refractivity contribution is -0.122. The van der Waals surface area contributed by atoms with E-state index in [2.05, 4.69) is 0 Å². The number of ether oxygens (including phenoxy) is 2. The zero-order valence-electron chi connectivity index (χ0n) is 28.5. The molecule has 48 heavy (non-hydrogen) atoms. The fourth-order valence-corrected chi connectivity index (χ4v) is 6.96. The lowest BCUT2D eigenvalue weighted by Crippen LogP contribution is -2.42. The third-order valence-corrected chi connectivity index (χ3v) is 9.42. The van der Waals surface area contributed by atoms with Crippen LogP contribution in [-0.2, 0) is 19.1 Å². The van der Waals surface area contributed by atoms with Gasteiger partial charge in [-0.05, 0) is 91.2 Å². The highest BCUT2D eigenvalue weighted by Crippen LogP contribution is 2.38. The van der Waals surface area contributed by atoms with Crippen molar-refractivity contribution in [2.45, 2.75) is 91.3 Å². The van der Waals surface area contributed by atoms with Crippen molar-refractivity contribution in [1.29, 1.82) is 0 Å². The van der Waals surface area contributed by atoms with Crippen LogP contribution in [-0.4, -0.2) is 94.1 Å². The Morgan fingerprint density at radius 1 is 0.562 bits per heavy atom. The van der Waals surface area contributed by atoms with Gasteiger partial charge in [0.15, 0.2) is 34.7 Å². The molecular weight excluding hydrogens is 620 g/mol. The van der Waals surface area contributed by atoms with E-state index in [0.717, 1.165) is 0 Å². The second-order valence-electron chi connectivity index (χ2n) is 15.4. The maximum absolute atomic E-state index is 13.4. The number of carbonyl (C=O) groups is 8. The molecule has 0 radical (unpaired) electrons. The molecule has 0 N–H and O–H groups in total. The van der Waals surface area contributed by atoms with E-state index in [1.54, 1.807) is 51.3 Å². The van der Waals surface area contributed by atoms with Gasteiger partial charge in [0, 0.05) is 61.3 Å². The van der Waals surface area contributed by atoms with Crippen molar-refractivity contribution in [2.75, 3.05) is 26.2 Å². The summed E-state index contributed by atoms with van der Waals surface area (Å²) in [6.45, 7) is 12.3. The van der Waals surface area contributed by atoms with E-state index in [0.29, 0.717) is 51.9 Å². The second-order valence-corrected chi connectivity index (χ2v) is 15.4. The lowest BCUT2D eigenvalue weighted by Gasteiger charge is -2.33. The molecule has 2 aliphatic heterocycles. The van der Waals surface area contributed by atoms with Gasteiger partial charge in [-0.1, -0.05) is 0 Å². The van der Waals surface area contributed by atoms with Crippen LogP contribution in [0.15, 0.2) is 12.1 Å². The fraction of sp³-hybridized carbons (Fsp3) is 0.611. The van der Waals surface area contributed by atoms with Crippen molar-refractivity contribution >= 4 is 46.9 Å². The summed E-state index contributed by atoms with van der Waals surface area (Å²) in [5.74, 6) is -7.21. The number of ketones is 6. The Labute approximate surface area is 279 Å². The molecule has 0 atom stereocenters. The summed E-state index contributed by atoms with van der Waals surface area (Å²) < 4.78 is 10.8. The minimum atomic E-state index is -1.54. The molecule has 0 spiro atoms. The molecule has 1 aromatic rings. The van der Waals surface area contributed by atoms with Gasteiger partial charge in [-0.2, -0.15) is 0 Å². The predicted octanol–water partition coefficient (Wildman–Crippen LogP) is 4.89. The number of piperidine rings is 2. The number of benzene rings is 1. The minimum absolute atomic E-state index is 0.0108. The van der Waals surface area contributed by atoms with Gasteiger partial charge >= 0.3 is 12.2 Å². The van der Waals surface area contributed by atoms with E-state index < -0.39 is 69.9 Å². The Hall–Kier alpha value is -4.22. The van der Waals surface area contributed by atoms with Gasteiger partial charge in [0.05, 0.1) is 0 Å². The van der Waals surface area contributed by atoms with Crippen LogP contribution in [0.25, 0.3) is 0 Å². The second kappa shape index (κ2) is 13.0. The zero-order valence-corrected chi connectivity index (χ0v) is 28.5. The molecular formula is C36H44N2O10. The van der Waals surface area contributed by atoms with Crippen molar-refractivity contribution in [3.63, 3.8) is 0 Å². The number of Topliss-reactive ketones (excluding diaryl/α,β-unsaturated/α-hetero) is 6. The van der Waals surface area contributed by atoms with Gasteiger partial charge < -0.3 is 19.3 Å². The first kappa shape index (κ1) is 35.1. The number of fused-ring (bicyclic) bond motifs is 2. The molecule has 12 heteroatoms. The highest BCUT2D eigenvalue weighted by Gasteiger charge is 2.49. The van der Waals surface area contributed by atoms with Crippen LogP contribution in [0.2, 0.25) is 0 Å². The van der Waals surface area contributed by atoms with Crippen LogP contribution in [0.5, 0.6) is 0 Å². The Morgan fingerprint density at radius 3 is 1.08 bits per heavy atom. The Morgan fingerprint density at radius 2 is 0.833 bits per heavy atom. The number of carbonyl (C=O) groups excluding carboxylic acids is 8. The van der Waals surface area contributed by atoms with Crippen molar-refractivity contribution in [1.82, 2.24) is 9.80 Å². The number of rotatable bonds is 6. The maximum Gasteiger partial charge on any atom is 0.410 e. The topological polar surface area (TPSA) is 161 Å². The zero-order chi connectivity index (χ0) is 35.3. The molecule has 2 fully saturated rings. The average molecular weight is 665 g/mol. The molecule has 12 nitrogen and oxygen atoms in total. The first-order valence-electron chi connectivity index (χ1n) is 16.7. The van der Waals surface area contributed by atoms with Crippen LogP contribution in [0.3, 0.4) is 0 Å². The smallest absolute Gasteiger partial charge is 0.410 e. The molecule has 0 unspecified atom stereocenters. The van der Waals surface area contributed by atoms with Crippen LogP contribution >= 0.6 is 0 Å². The number of nitrogens with zero attached hydrogens (tertiary/aromatic N) is 2. The molecule has 2 saturated heterocycles. The van der Waals surface area contributed by atoms with Crippen LogP contribution in [0.1, 0.15) is 121 Å². The van der Waals surface area contributed by atoms with Gasteiger partial charge in [-0.3, -0.25) is 28.8 Å². The summed E-state index contributed by atoms with van der Waals surface area (Å²) in [6, 6.07) is 2.40. The molecule has 2 heterocycles. The summed E-state index contributed by atoms with van der Waals surface area (Å²) in [7, 11) is 0. The van der Waals surface area contributed by atoms with E-state index in [1.165, 1.54) is 12.1 Å². The molecule has 2 amide bonds. The van der Waals surface area contributed by atoms with Crippen LogP contribution < -0.4 is 0 Å². The SMILES string of the molecule is CC(C)(C)OC(=O)N1CCC(CC(=O)C2C(=O)c3cc4c(cc3C2=O)C(=O)C(C(=O)CC2CCN(C(=O)OC(C)(C)C)CC2)C4=O)CC1. The highest BCUT2D eigenvalue weighted by atomic mass is 16.6. The van der Waals surface area contributed by atoms with E-state index in [1.807, 2.05) is 0 Å². The number of hydrogen-bond acceptors (Lipinski definition) is 10. The van der Waals surface area contributed by atoms with Crippen LogP contribution in [0, 0.1) is 23.7 Å². The summed E-state index contributed by atoms with van der Waals surface area (Å²) in [5, 5.41) is 0. The third-order valence-electron chi connectivity index (χ3n) is 9.42. The van der Waals surface area contributed by atoms with Crippen LogP contribution in [0.4, 0.5) is 9.59 Å². The Kier molecular flexibility index (Phi) is 9.51. The molecule has 258 valence electrons. The van der Waals surface area contributed by atoms with Crippen molar-refractivity contribution in [3.05, 3.63) is 34.4 Å². The van der Waals surface area contributed by atoms with Crippen molar-refractivity contribution < 1.29 is 47.8 Å². The number of hydrogen-bond donors (Lipinski definition) is 0. The van der Waals surface area contributed by atoms with E-state index in [9.17, 15) is 38.4 Å². The first-order chi connectivity index (χ1) is 22.3. The Balaban J connectivity index is 1.18. The lowest BCUT2D eigenvalue weighted by atomic mass is 9.86. The predicted molar refractivity (Wildman–Crippen MR) is 171 cm³/mol. The molecule has 2 aliphatic carbocycles. The van der Waals surface area contributed by atoms with Crippen molar-refractivity contribution in [3.8, 4) is 0 Å². The number of likely N-dealkylation sites (tertiary alicyclic amines) is 2. The highest BCUT2D eigenvalue weighted by molar-refractivity contribution is 6.39. The van der Waals surface area contributed by atoms with E-state index in [-0.39, 0.29) is 46.9 Å². The van der Waals surface area contributed by atoms with E-state index in [4.69, 9.17) is 9.47 Å². The van der Waals surface area contributed by atoms with Gasteiger partial charge in [0.1, 0.15) is 23.0 Å². The monoisotopic (exact) mass is 664 g/mol. The summed E-state index contributed by atoms with van der Waals surface area (Å²) in [4.78, 5) is 108. The largest absolute Gasteiger partial charge is 0.444 e. The summed E-state index contributed by atoms with van der Waals surface area (Å²) in [6.07, 6.45) is 1.19. The molecule has 4 aliphatic rings. The molecule has 0 aromatic heterocycles. The van der Waals surface area contributed by atoms with Crippen molar-refractivity contribution in [2.24, 2.45) is 23.7 Å². The Bertz CT molecular complexity index is 1410. The normalized spacial score (nSPS) is 19.9. The maximum atomic E-state index is 13.4. The first-order valence-corrected chi connectivity index (χ1v) is 16.7.